The number of aryl methyl sites for hydroxylation is 3. The molecule has 0 amide bonds. The van der Waals surface area contributed by atoms with Crippen molar-refractivity contribution in [1.29, 1.82) is 0 Å². The van der Waals surface area contributed by atoms with Gasteiger partial charge in [0.15, 0.2) is 0 Å². The highest BCUT2D eigenvalue weighted by molar-refractivity contribution is 5.25. The Kier molecular flexibility index (Phi) is 6.41. The highest BCUT2D eigenvalue weighted by Crippen LogP contribution is 2.29. The summed E-state index contributed by atoms with van der Waals surface area (Å²) in [5.41, 5.74) is 2.95. The van der Waals surface area contributed by atoms with Gasteiger partial charge in [-0.15, -0.1) is 0 Å². The van der Waals surface area contributed by atoms with Crippen LogP contribution in [-0.4, -0.2) is 9.97 Å². The van der Waals surface area contributed by atoms with Crippen LogP contribution in [0.15, 0.2) is 60.7 Å². The number of aromatic nitrogens is 2. The SMILES string of the molecule is Cc1nc(CCc2ccc(C(F)(F)F)cc2)cc(COCc2ccccc2)n1. The van der Waals surface area contributed by atoms with Gasteiger partial charge < -0.3 is 4.74 Å². The van der Waals surface area contributed by atoms with Crippen LogP contribution in [-0.2, 0) is 37.0 Å². The first-order valence-corrected chi connectivity index (χ1v) is 9.01. The molecule has 3 aromatic rings. The maximum Gasteiger partial charge on any atom is 0.416 e. The molecule has 0 spiro atoms. The van der Waals surface area contributed by atoms with Gasteiger partial charge in [0.1, 0.15) is 5.82 Å². The van der Waals surface area contributed by atoms with Crippen molar-refractivity contribution in [3.63, 3.8) is 0 Å². The van der Waals surface area contributed by atoms with Gasteiger partial charge in [-0.05, 0) is 49.1 Å². The Balaban J connectivity index is 1.57. The lowest BCUT2D eigenvalue weighted by atomic mass is 10.1. The average molecular weight is 386 g/mol. The van der Waals surface area contributed by atoms with Crippen LogP contribution in [0.4, 0.5) is 13.2 Å². The highest BCUT2D eigenvalue weighted by atomic mass is 19.4. The van der Waals surface area contributed by atoms with E-state index < -0.39 is 11.7 Å². The summed E-state index contributed by atoms with van der Waals surface area (Å²) < 4.78 is 43.6. The van der Waals surface area contributed by atoms with E-state index in [0.29, 0.717) is 31.9 Å². The maximum atomic E-state index is 12.6. The molecule has 0 saturated carbocycles. The molecule has 0 fully saturated rings. The van der Waals surface area contributed by atoms with Gasteiger partial charge in [0.25, 0.3) is 0 Å². The molecule has 2 aromatic carbocycles. The molecule has 1 aromatic heterocycles. The number of hydrogen-bond acceptors (Lipinski definition) is 3. The summed E-state index contributed by atoms with van der Waals surface area (Å²) >= 11 is 0. The van der Waals surface area contributed by atoms with E-state index in [2.05, 4.69) is 9.97 Å². The Morgan fingerprint density at radius 2 is 1.46 bits per heavy atom. The summed E-state index contributed by atoms with van der Waals surface area (Å²) in [4.78, 5) is 8.82. The molecule has 0 bridgehead atoms. The zero-order valence-corrected chi connectivity index (χ0v) is 15.5. The number of benzene rings is 2. The molecule has 0 saturated heterocycles. The van der Waals surface area contributed by atoms with E-state index in [1.54, 1.807) is 0 Å². The first kappa shape index (κ1) is 20.0. The Morgan fingerprint density at radius 1 is 0.786 bits per heavy atom. The average Bonchev–Trinajstić information content (AvgIpc) is 2.66. The second kappa shape index (κ2) is 8.97. The van der Waals surface area contributed by atoms with Crippen molar-refractivity contribution < 1.29 is 17.9 Å². The molecule has 0 radical (unpaired) electrons. The van der Waals surface area contributed by atoms with Gasteiger partial charge in [0.05, 0.1) is 24.5 Å². The molecule has 6 heteroatoms. The van der Waals surface area contributed by atoms with Crippen molar-refractivity contribution in [1.82, 2.24) is 9.97 Å². The summed E-state index contributed by atoms with van der Waals surface area (Å²) in [6.07, 6.45) is -3.07. The smallest absolute Gasteiger partial charge is 0.370 e. The van der Waals surface area contributed by atoms with Crippen LogP contribution < -0.4 is 0 Å². The summed E-state index contributed by atoms with van der Waals surface area (Å²) in [6.45, 7) is 2.71. The van der Waals surface area contributed by atoms with Crippen LogP contribution >= 0.6 is 0 Å². The van der Waals surface area contributed by atoms with Crippen molar-refractivity contribution in [2.75, 3.05) is 0 Å². The van der Waals surface area contributed by atoms with Crippen molar-refractivity contribution in [3.05, 3.63) is 94.6 Å². The van der Waals surface area contributed by atoms with Gasteiger partial charge in [-0.2, -0.15) is 13.2 Å². The summed E-state index contributed by atoms with van der Waals surface area (Å²) in [5, 5.41) is 0. The minimum Gasteiger partial charge on any atom is -0.370 e. The van der Waals surface area contributed by atoms with Gasteiger partial charge in [0, 0.05) is 5.69 Å². The largest absolute Gasteiger partial charge is 0.416 e. The Labute approximate surface area is 162 Å². The molecule has 1 heterocycles. The number of alkyl halides is 3. The molecular weight excluding hydrogens is 365 g/mol. The Hall–Kier alpha value is -2.73. The third kappa shape index (κ3) is 5.89. The van der Waals surface area contributed by atoms with E-state index in [1.165, 1.54) is 12.1 Å². The van der Waals surface area contributed by atoms with E-state index in [9.17, 15) is 13.2 Å². The number of nitrogens with zero attached hydrogens (tertiary/aromatic N) is 2. The molecule has 0 N–H and O–H groups in total. The van der Waals surface area contributed by atoms with Crippen molar-refractivity contribution >= 4 is 0 Å². The molecule has 0 aliphatic carbocycles. The Morgan fingerprint density at radius 3 is 2.14 bits per heavy atom. The number of ether oxygens (including phenoxy) is 1. The second-order valence-electron chi connectivity index (χ2n) is 6.57. The molecule has 28 heavy (non-hydrogen) atoms. The lowest BCUT2D eigenvalue weighted by molar-refractivity contribution is -0.137. The quantitative estimate of drug-likeness (QED) is 0.552. The van der Waals surface area contributed by atoms with E-state index in [1.807, 2.05) is 43.3 Å². The molecule has 0 aliphatic rings. The van der Waals surface area contributed by atoms with Crippen LogP contribution in [0.1, 0.15) is 33.9 Å². The van der Waals surface area contributed by atoms with Crippen LogP contribution in [0.3, 0.4) is 0 Å². The lowest BCUT2D eigenvalue weighted by Crippen LogP contribution is -2.05. The molecule has 146 valence electrons. The predicted molar refractivity (Wildman–Crippen MR) is 101 cm³/mol. The summed E-state index contributed by atoms with van der Waals surface area (Å²) in [7, 11) is 0. The summed E-state index contributed by atoms with van der Waals surface area (Å²) in [5.74, 6) is 0.656. The number of hydrogen-bond donors (Lipinski definition) is 0. The monoisotopic (exact) mass is 386 g/mol. The fourth-order valence-electron chi connectivity index (χ4n) is 2.88. The molecule has 0 aliphatic heterocycles. The number of halogens is 3. The van der Waals surface area contributed by atoms with Gasteiger partial charge in [-0.25, -0.2) is 9.97 Å². The van der Waals surface area contributed by atoms with Gasteiger partial charge in [-0.3, -0.25) is 0 Å². The molecule has 3 rings (SSSR count). The lowest BCUT2D eigenvalue weighted by Gasteiger charge is -2.09. The van der Waals surface area contributed by atoms with Crippen LogP contribution in [0.25, 0.3) is 0 Å². The first-order valence-electron chi connectivity index (χ1n) is 9.01. The zero-order chi connectivity index (χ0) is 20.0. The number of rotatable bonds is 7. The molecule has 0 unspecified atom stereocenters. The standard InChI is InChI=1S/C22H21F3N2O/c1-16-26-20(12-9-17-7-10-19(11-8-17)22(23,24)25)13-21(27-16)15-28-14-18-5-3-2-4-6-18/h2-8,10-11,13H,9,12,14-15H2,1H3. The van der Waals surface area contributed by atoms with Gasteiger partial charge in [0.2, 0.25) is 0 Å². The minimum atomic E-state index is -4.31. The van der Waals surface area contributed by atoms with E-state index in [4.69, 9.17) is 4.74 Å². The van der Waals surface area contributed by atoms with E-state index in [0.717, 1.165) is 34.6 Å². The van der Waals surface area contributed by atoms with Gasteiger partial charge >= 0.3 is 6.18 Å². The molecule has 0 atom stereocenters. The van der Waals surface area contributed by atoms with Crippen molar-refractivity contribution in [2.45, 2.75) is 39.2 Å². The third-order valence-corrected chi connectivity index (χ3v) is 4.26. The zero-order valence-electron chi connectivity index (χ0n) is 15.5. The fraction of sp³-hybridized carbons (Fsp3) is 0.273. The minimum absolute atomic E-state index is 0.380. The van der Waals surface area contributed by atoms with Crippen molar-refractivity contribution in [3.8, 4) is 0 Å². The maximum absolute atomic E-state index is 12.6. The second-order valence-corrected chi connectivity index (χ2v) is 6.57. The predicted octanol–water partition coefficient (Wildman–Crippen LogP) is 5.31. The normalized spacial score (nSPS) is 11.6. The van der Waals surface area contributed by atoms with Crippen LogP contribution in [0.5, 0.6) is 0 Å². The summed E-state index contributed by atoms with van der Waals surface area (Å²) in [6, 6.07) is 17.0. The van der Waals surface area contributed by atoms with E-state index >= 15 is 0 Å². The van der Waals surface area contributed by atoms with Crippen LogP contribution in [0, 0.1) is 6.92 Å². The van der Waals surface area contributed by atoms with Crippen molar-refractivity contribution in [2.24, 2.45) is 0 Å². The van der Waals surface area contributed by atoms with Gasteiger partial charge in [-0.1, -0.05) is 42.5 Å². The van der Waals surface area contributed by atoms with Crippen LogP contribution in [0.2, 0.25) is 0 Å². The fourth-order valence-corrected chi connectivity index (χ4v) is 2.88. The topological polar surface area (TPSA) is 35.0 Å². The third-order valence-electron chi connectivity index (χ3n) is 4.26. The highest BCUT2D eigenvalue weighted by Gasteiger charge is 2.29. The molecule has 3 nitrogen and oxygen atoms in total. The Bertz CT molecular complexity index is 894. The first-order chi connectivity index (χ1) is 13.4. The molecular formula is C22H21F3N2O. The van der Waals surface area contributed by atoms with E-state index in [-0.39, 0.29) is 0 Å².